The number of pyridine rings is 2. The van der Waals surface area contributed by atoms with E-state index in [4.69, 9.17) is 0 Å². The number of fused-ring (bicyclic) bond motifs is 1. The van der Waals surface area contributed by atoms with Gasteiger partial charge in [0.1, 0.15) is 0 Å². The molecular formula is C19H22N4O. The number of nitrogens with zero attached hydrogens (tertiary/aromatic N) is 4. The van der Waals surface area contributed by atoms with Crippen molar-refractivity contribution in [3.05, 3.63) is 59.7 Å². The Bertz CT molecular complexity index is 733. The number of hydrogen-bond donors (Lipinski definition) is 0. The number of likely N-dealkylation sites (tertiary alicyclic amines) is 2. The zero-order valence-electron chi connectivity index (χ0n) is 13.9. The fourth-order valence-corrected chi connectivity index (χ4v) is 3.97. The molecule has 2 aromatic rings. The fourth-order valence-electron chi connectivity index (χ4n) is 3.97. The first-order valence-corrected chi connectivity index (χ1v) is 8.57. The van der Waals surface area contributed by atoms with Gasteiger partial charge in [0.25, 0.3) is 0 Å². The Balaban J connectivity index is 1.47. The van der Waals surface area contributed by atoms with Gasteiger partial charge in [-0.1, -0.05) is 12.1 Å². The van der Waals surface area contributed by atoms with Crippen LogP contribution in [0.5, 0.6) is 0 Å². The second-order valence-electron chi connectivity index (χ2n) is 6.71. The first-order chi connectivity index (χ1) is 11.7. The molecule has 2 fully saturated rings. The molecule has 2 saturated heterocycles. The summed E-state index contributed by atoms with van der Waals surface area (Å²) < 4.78 is 0. The normalized spacial score (nSPS) is 23.7. The minimum absolute atomic E-state index is 0.249. The lowest BCUT2D eigenvalue weighted by molar-refractivity contribution is -0.129. The van der Waals surface area contributed by atoms with E-state index in [0.29, 0.717) is 25.0 Å². The van der Waals surface area contributed by atoms with Crippen LogP contribution in [0.2, 0.25) is 0 Å². The molecule has 5 heteroatoms. The van der Waals surface area contributed by atoms with E-state index in [9.17, 15) is 4.79 Å². The van der Waals surface area contributed by atoms with Gasteiger partial charge in [0, 0.05) is 43.5 Å². The van der Waals surface area contributed by atoms with Gasteiger partial charge < -0.3 is 4.90 Å². The van der Waals surface area contributed by atoms with Gasteiger partial charge in [0.2, 0.25) is 5.91 Å². The molecule has 2 atom stereocenters. The maximum absolute atomic E-state index is 12.5. The molecule has 0 unspecified atom stereocenters. The molecule has 0 saturated carbocycles. The van der Waals surface area contributed by atoms with Gasteiger partial charge in [-0.3, -0.25) is 19.7 Å². The maximum atomic E-state index is 12.5. The second-order valence-corrected chi connectivity index (χ2v) is 6.71. The van der Waals surface area contributed by atoms with Crippen LogP contribution in [0.1, 0.15) is 29.9 Å². The van der Waals surface area contributed by atoms with Crippen LogP contribution in [0.4, 0.5) is 0 Å². The average molecular weight is 322 g/mol. The lowest BCUT2D eigenvalue weighted by Gasteiger charge is -2.25. The van der Waals surface area contributed by atoms with Crippen LogP contribution < -0.4 is 0 Å². The summed E-state index contributed by atoms with van der Waals surface area (Å²) in [6.07, 6.45) is 3.48. The predicted octanol–water partition coefficient (Wildman–Crippen LogP) is 2.16. The van der Waals surface area contributed by atoms with E-state index in [1.807, 2.05) is 48.4 Å². The van der Waals surface area contributed by atoms with Crippen molar-refractivity contribution in [3.8, 4) is 0 Å². The number of amides is 1. The summed E-state index contributed by atoms with van der Waals surface area (Å²) in [6.45, 7) is 4.46. The molecule has 0 spiro atoms. The number of carbonyl (C=O) groups excluding carboxylic acids is 1. The quantitative estimate of drug-likeness (QED) is 0.865. The highest BCUT2D eigenvalue weighted by atomic mass is 16.2. The lowest BCUT2D eigenvalue weighted by Crippen LogP contribution is -2.37. The Morgan fingerprint density at radius 1 is 1.08 bits per heavy atom. The number of carbonyl (C=O) groups is 1. The second kappa shape index (κ2) is 6.32. The summed E-state index contributed by atoms with van der Waals surface area (Å²) in [5.74, 6) is 0.249. The summed E-state index contributed by atoms with van der Waals surface area (Å²) in [7, 11) is 0. The maximum Gasteiger partial charge on any atom is 0.224 e. The monoisotopic (exact) mass is 322 g/mol. The molecule has 0 aromatic carbocycles. The standard InChI is InChI=1S/C19H22N4O/c1-14-5-4-7-16(21-14)13-23-17-8-10-22(18(17)11-19(23)24)12-15-6-2-3-9-20-15/h2-7,9,17-18H,8,10-13H2,1H3/t17-,18-/m0/s1. The topological polar surface area (TPSA) is 49.3 Å². The highest BCUT2D eigenvalue weighted by molar-refractivity contribution is 5.80. The lowest BCUT2D eigenvalue weighted by atomic mass is 10.1. The molecular weight excluding hydrogens is 300 g/mol. The summed E-state index contributed by atoms with van der Waals surface area (Å²) in [4.78, 5) is 26.0. The third-order valence-electron chi connectivity index (χ3n) is 5.10. The molecule has 0 bridgehead atoms. The van der Waals surface area contributed by atoms with E-state index < -0.39 is 0 Å². The minimum atomic E-state index is 0.249. The van der Waals surface area contributed by atoms with Crippen LogP contribution in [0.25, 0.3) is 0 Å². The average Bonchev–Trinajstić information content (AvgIpc) is 3.09. The first kappa shape index (κ1) is 15.3. The molecule has 5 nitrogen and oxygen atoms in total. The molecule has 2 aliphatic rings. The summed E-state index contributed by atoms with van der Waals surface area (Å²) in [5, 5.41) is 0. The first-order valence-electron chi connectivity index (χ1n) is 8.57. The molecule has 0 aliphatic carbocycles. The highest BCUT2D eigenvalue weighted by Gasteiger charge is 2.46. The number of hydrogen-bond acceptors (Lipinski definition) is 4. The van der Waals surface area contributed by atoms with Crippen molar-refractivity contribution in [2.45, 2.75) is 44.9 Å². The molecule has 2 aliphatic heterocycles. The van der Waals surface area contributed by atoms with Crippen molar-refractivity contribution in [3.63, 3.8) is 0 Å². The SMILES string of the molecule is Cc1cccc(CN2C(=O)C[C@H]3[C@@H]2CCN3Cc2ccccn2)n1. The van der Waals surface area contributed by atoms with Gasteiger partial charge in [-0.25, -0.2) is 0 Å². The van der Waals surface area contributed by atoms with Gasteiger partial charge in [-0.2, -0.15) is 0 Å². The van der Waals surface area contributed by atoms with E-state index in [-0.39, 0.29) is 5.91 Å². The van der Waals surface area contributed by atoms with Crippen LogP contribution in [-0.4, -0.2) is 44.3 Å². The fraction of sp³-hybridized carbons (Fsp3) is 0.421. The van der Waals surface area contributed by atoms with Crippen molar-refractivity contribution >= 4 is 5.91 Å². The zero-order chi connectivity index (χ0) is 16.5. The Morgan fingerprint density at radius 3 is 2.75 bits per heavy atom. The summed E-state index contributed by atoms with van der Waals surface area (Å²) in [6, 6.07) is 12.6. The minimum Gasteiger partial charge on any atom is -0.332 e. The van der Waals surface area contributed by atoms with Crippen LogP contribution in [0.15, 0.2) is 42.6 Å². The van der Waals surface area contributed by atoms with Gasteiger partial charge in [-0.15, -0.1) is 0 Å². The Morgan fingerprint density at radius 2 is 1.96 bits per heavy atom. The zero-order valence-corrected chi connectivity index (χ0v) is 13.9. The molecule has 2 aromatic heterocycles. The van der Waals surface area contributed by atoms with Crippen molar-refractivity contribution in [1.82, 2.24) is 19.8 Å². The molecule has 0 radical (unpaired) electrons. The van der Waals surface area contributed by atoms with Crippen LogP contribution in [-0.2, 0) is 17.9 Å². The molecule has 24 heavy (non-hydrogen) atoms. The van der Waals surface area contributed by atoms with Crippen molar-refractivity contribution in [1.29, 1.82) is 0 Å². The van der Waals surface area contributed by atoms with E-state index in [2.05, 4.69) is 20.9 Å². The predicted molar refractivity (Wildman–Crippen MR) is 91.0 cm³/mol. The van der Waals surface area contributed by atoms with Crippen molar-refractivity contribution in [2.24, 2.45) is 0 Å². The largest absolute Gasteiger partial charge is 0.332 e. The van der Waals surface area contributed by atoms with Gasteiger partial charge >= 0.3 is 0 Å². The Labute approximate surface area is 142 Å². The molecule has 4 heterocycles. The number of rotatable bonds is 4. The van der Waals surface area contributed by atoms with E-state index >= 15 is 0 Å². The molecule has 1 amide bonds. The molecule has 4 rings (SSSR count). The van der Waals surface area contributed by atoms with Gasteiger partial charge in [0.15, 0.2) is 0 Å². The van der Waals surface area contributed by atoms with E-state index in [1.54, 1.807) is 0 Å². The van der Waals surface area contributed by atoms with E-state index in [0.717, 1.165) is 36.6 Å². The number of aromatic nitrogens is 2. The van der Waals surface area contributed by atoms with Crippen LogP contribution in [0.3, 0.4) is 0 Å². The number of aryl methyl sites for hydroxylation is 1. The van der Waals surface area contributed by atoms with E-state index in [1.165, 1.54) is 0 Å². The summed E-state index contributed by atoms with van der Waals surface area (Å²) >= 11 is 0. The van der Waals surface area contributed by atoms with Gasteiger partial charge in [-0.05, 0) is 37.6 Å². The van der Waals surface area contributed by atoms with Crippen LogP contribution >= 0.6 is 0 Å². The smallest absolute Gasteiger partial charge is 0.224 e. The molecule has 0 N–H and O–H groups in total. The third kappa shape index (κ3) is 2.91. The Hall–Kier alpha value is -2.27. The molecule has 124 valence electrons. The van der Waals surface area contributed by atoms with Crippen LogP contribution in [0, 0.1) is 6.92 Å². The highest BCUT2D eigenvalue weighted by Crippen LogP contribution is 2.34. The van der Waals surface area contributed by atoms with Crippen molar-refractivity contribution in [2.75, 3.05) is 6.54 Å². The van der Waals surface area contributed by atoms with Crippen molar-refractivity contribution < 1.29 is 4.79 Å². The Kier molecular flexibility index (Phi) is 4.02. The third-order valence-corrected chi connectivity index (χ3v) is 5.10. The van der Waals surface area contributed by atoms with Gasteiger partial charge in [0.05, 0.1) is 17.9 Å². The summed E-state index contributed by atoms with van der Waals surface area (Å²) in [5.41, 5.74) is 3.05.